The fourth-order valence-electron chi connectivity index (χ4n) is 2.54. The summed E-state index contributed by atoms with van der Waals surface area (Å²) in [5.41, 5.74) is 0. The number of nitrogens with zero attached hydrogens (tertiary/aromatic N) is 1. The minimum Gasteiger partial charge on any atom is -0.337 e. The third-order valence-electron chi connectivity index (χ3n) is 3.74. The Morgan fingerprint density at radius 2 is 1.70 bits per heavy atom. The van der Waals surface area contributed by atoms with Gasteiger partial charge in [0.25, 0.3) is 0 Å². The van der Waals surface area contributed by atoms with Crippen molar-refractivity contribution in [1.82, 2.24) is 10.2 Å². The number of urea groups is 1. The molecule has 0 aromatic heterocycles. The zero-order valence-corrected chi connectivity index (χ0v) is 14.1. The monoisotopic (exact) mass is 304 g/mol. The number of hydrogen-bond acceptors (Lipinski definition) is 3. The Labute approximate surface area is 123 Å². The van der Waals surface area contributed by atoms with Gasteiger partial charge in [0.2, 0.25) is 0 Å². The van der Waals surface area contributed by atoms with Gasteiger partial charge in [-0.25, -0.2) is 13.2 Å². The Balaban J connectivity index is 2.45. The number of hydrogen-bond donors (Lipinski definition) is 1. The van der Waals surface area contributed by atoms with Crippen molar-refractivity contribution in [3.63, 3.8) is 0 Å². The van der Waals surface area contributed by atoms with Crippen LogP contribution >= 0.6 is 0 Å². The van der Waals surface area contributed by atoms with Crippen molar-refractivity contribution >= 4 is 15.9 Å². The van der Waals surface area contributed by atoms with Crippen molar-refractivity contribution in [1.29, 1.82) is 0 Å². The molecule has 1 rings (SSSR count). The van der Waals surface area contributed by atoms with Crippen LogP contribution in [0, 0.1) is 11.8 Å². The van der Waals surface area contributed by atoms with Crippen LogP contribution in [0.3, 0.4) is 0 Å². The first-order valence-corrected chi connectivity index (χ1v) is 8.93. The maximum atomic E-state index is 12.0. The summed E-state index contributed by atoms with van der Waals surface area (Å²) in [6.45, 7) is 11.0. The van der Waals surface area contributed by atoms with Crippen LogP contribution < -0.4 is 5.32 Å². The number of carbonyl (C=O) groups excluding carboxylic acids is 1. The van der Waals surface area contributed by atoms with Crippen molar-refractivity contribution in [3.05, 3.63) is 0 Å². The topological polar surface area (TPSA) is 66.5 Å². The van der Waals surface area contributed by atoms with Crippen LogP contribution in [0.15, 0.2) is 0 Å². The van der Waals surface area contributed by atoms with Crippen molar-refractivity contribution in [2.24, 2.45) is 11.8 Å². The highest BCUT2D eigenvalue weighted by molar-refractivity contribution is 7.92. The smallest absolute Gasteiger partial charge is 0.317 e. The summed E-state index contributed by atoms with van der Waals surface area (Å²) < 4.78 is 23.1. The van der Waals surface area contributed by atoms with Crippen LogP contribution in [0.2, 0.25) is 0 Å². The van der Waals surface area contributed by atoms with Gasteiger partial charge in [-0.05, 0) is 39.0 Å². The third-order valence-corrected chi connectivity index (χ3v) is 6.34. The SMILES string of the molecule is C[C@H]1C[C@H](C)CN(C(=O)NCCS(=O)(=O)C(C)(C)C)C1. The molecule has 0 unspecified atom stereocenters. The van der Waals surface area contributed by atoms with Crippen molar-refractivity contribution < 1.29 is 13.2 Å². The lowest BCUT2D eigenvalue weighted by atomic mass is 9.92. The van der Waals surface area contributed by atoms with Gasteiger partial charge < -0.3 is 10.2 Å². The highest BCUT2D eigenvalue weighted by Gasteiger charge is 2.29. The summed E-state index contributed by atoms with van der Waals surface area (Å²) in [7, 11) is -3.18. The van der Waals surface area contributed by atoms with E-state index in [-0.39, 0.29) is 18.3 Å². The van der Waals surface area contributed by atoms with Gasteiger partial charge >= 0.3 is 6.03 Å². The normalized spacial score (nSPS) is 24.6. The van der Waals surface area contributed by atoms with Gasteiger partial charge in [-0.15, -0.1) is 0 Å². The number of nitrogens with one attached hydrogen (secondary N) is 1. The molecule has 1 aliphatic heterocycles. The molecule has 1 aliphatic rings. The molecule has 0 aromatic carbocycles. The first-order chi connectivity index (χ1) is 9.03. The summed E-state index contributed by atoms with van der Waals surface area (Å²) >= 11 is 0. The first kappa shape index (κ1) is 17.3. The maximum absolute atomic E-state index is 12.0. The first-order valence-electron chi connectivity index (χ1n) is 7.28. The van der Waals surface area contributed by atoms with E-state index < -0.39 is 14.6 Å². The van der Waals surface area contributed by atoms with Gasteiger partial charge in [0.1, 0.15) is 0 Å². The predicted octanol–water partition coefficient (Wildman–Crippen LogP) is 1.89. The van der Waals surface area contributed by atoms with Crippen molar-refractivity contribution in [2.45, 2.75) is 45.8 Å². The second-order valence-electron chi connectivity index (χ2n) is 7.01. The van der Waals surface area contributed by atoms with Gasteiger partial charge in [0.15, 0.2) is 9.84 Å². The molecule has 5 nitrogen and oxygen atoms in total. The molecule has 6 heteroatoms. The minimum absolute atomic E-state index is 0.0127. The van der Waals surface area contributed by atoms with Crippen LogP contribution in [-0.2, 0) is 9.84 Å². The van der Waals surface area contributed by atoms with Gasteiger partial charge in [-0.1, -0.05) is 13.8 Å². The molecular weight excluding hydrogens is 276 g/mol. The Morgan fingerprint density at radius 3 is 2.15 bits per heavy atom. The van der Waals surface area contributed by atoms with Crippen LogP contribution in [0.1, 0.15) is 41.0 Å². The summed E-state index contributed by atoms with van der Waals surface area (Å²) in [5.74, 6) is 0.992. The minimum atomic E-state index is -3.18. The molecule has 0 radical (unpaired) electrons. The molecule has 118 valence electrons. The number of carbonyl (C=O) groups is 1. The average molecular weight is 304 g/mol. The number of likely N-dealkylation sites (tertiary alicyclic amines) is 1. The standard InChI is InChI=1S/C14H28N2O3S/c1-11-8-12(2)10-16(9-11)13(17)15-6-7-20(18,19)14(3,4)5/h11-12H,6-10H2,1-5H3,(H,15,17)/t11-,12-/m0/s1. The van der Waals surface area contributed by atoms with E-state index in [0.717, 1.165) is 19.5 Å². The second-order valence-corrected chi connectivity index (χ2v) is 9.88. The van der Waals surface area contributed by atoms with Crippen molar-refractivity contribution in [3.8, 4) is 0 Å². The fraction of sp³-hybridized carbons (Fsp3) is 0.929. The van der Waals surface area contributed by atoms with E-state index in [1.54, 1.807) is 25.7 Å². The predicted molar refractivity (Wildman–Crippen MR) is 81.5 cm³/mol. The third kappa shape index (κ3) is 4.65. The summed E-state index contributed by atoms with van der Waals surface area (Å²) in [5, 5.41) is 2.73. The summed E-state index contributed by atoms with van der Waals surface area (Å²) in [6, 6.07) is -0.146. The largest absolute Gasteiger partial charge is 0.337 e. The molecule has 0 spiro atoms. The summed E-state index contributed by atoms with van der Waals surface area (Å²) in [6.07, 6.45) is 1.14. The zero-order valence-electron chi connectivity index (χ0n) is 13.3. The Morgan fingerprint density at radius 1 is 1.20 bits per heavy atom. The van der Waals surface area contributed by atoms with Crippen LogP contribution in [-0.4, -0.2) is 49.5 Å². The van der Waals surface area contributed by atoms with Crippen LogP contribution in [0.25, 0.3) is 0 Å². The molecule has 1 saturated heterocycles. The molecule has 1 heterocycles. The second kappa shape index (κ2) is 6.33. The molecule has 0 bridgehead atoms. The van der Waals surface area contributed by atoms with E-state index in [9.17, 15) is 13.2 Å². The van der Waals surface area contributed by atoms with Gasteiger partial charge in [0.05, 0.1) is 10.5 Å². The maximum Gasteiger partial charge on any atom is 0.317 e. The zero-order chi connectivity index (χ0) is 15.6. The molecule has 0 aliphatic carbocycles. The molecule has 1 fully saturated rings. The Kier molecular flexibility index (Phi) is 5.46. The number of amides is 2. The van der Waals surface area contributed by atoms with Gasteiger partial charge in [-0.3, -0.25) is 0 Å². The average Bonchev–Trinajstić information content (AvgIpc) is 2.25. The molecule has 20 heavy (non-hydrogen) atoms. The molecule has 2 atom stereocenters. The Hall–Kier alpha value is -0.780. The highest BCUT2D eigenvalue weighted by Crippen LogP contribution is 2.20. The number of rotatable bonds is 3. The lowest BCUT2D eigenvalue weighted by Gasteiger charge is -2.35. The van der Waals surface area contributed by atoms with Crippen LogP contribution in [0.4, 0.5) is 4.79 Å². The molecule has 0 saturated carbocycles. The number of sulfone groups is 1. The van der Waals surface area contributed by atoms with E-state index in [2.05, 4.69) is 19.2 Å². The van der Waals surface area contributed by atoms with Crippen molar-refractivity contribution in [2.75, 3.05) is 25.4 Å². The molecular formula is C14H28N2O3S. The van der Waals surface area contributed by atoms with E-state index in [1.165, 1.54) is 0 Å². The molecule has 0 aromatic rings. The van der Waals surface area contributed by atoms with E-state index in [1.807, 2.05) is 0 Å². The van der Waals surface area contributed by atoms with Gasteiger partial charge in [0, 0.05) is 19.6 Å². The van der Waals surface area contributed by atoms with E-state index in [4.69, 9.17) is 0 Å². The lowest BCUT2D eigenvalue weighted by molar-refractivity contribution is 0.146. The van der Waals surface area contributed by atoms with E-state index in [0.29, 0.717) is 11.8 Å². The summed E-state index contributed by atoms with van der Waals surface area (Å²) in [4.78, 5) is 13.8. The molecule has 1 N–H and O–H groups in total. The molecule has 2 amide bonds. The Bertz CT molecular complexity index is 430. The van der Waals surface area contributed by atoms with Crippen LogP contribution in [0.5, 0.6) is 0 Å². The quantitative estimate of drug-likeness (QED) is 0.866. The lowest BCUT2D eigenvalue weighted by Crippen LogP contribution is -2.48. The highest BCUT2D eigenvalue weighted by atomic mass is 32.2. The van der Waals surface area contributed by atoms with E-state index >= 15 is 0 Å². The fourth-order valence-corrected chi connectivity index (χ4v) is 3.52. The van der Waals surface area contributed by atoms with Gasteiger partial charge in [-0.2, -0.15) is 0 Å². The number of piperidine rings is 1.